The third kappa shape index (κ3) is 5.34. The molecule has 2 aliphatic rings. The molecule has 8 heteroatoms. The van der Waals surface area contributed by atoms with Crippen LogP contribution in [0, 0.1) is 5.92 Å². The third-order valence-electron chi connectivity index (χ3n) is 4.84. The summed E-state index contributed by atoms with van der Waals surface area (Å²) in [5, 5.41) is 3.03. The van der Waals surface area contributed by atoms with Gasteiger partial charge >= 0.3 is 6.03 Å². The number of hydrogen-bond acceptors (Lipinski definition) is 4. The number of rotatable bonds is 7. The van der Waals surface area contributed by atoms with E-state index < -0.39 is 0 Å². The van der Waals surface area contributed by atoms with Gasteiger partial charge in [-0.3, -0.25) is 14.5 Å². The van der Waals surface area contributed by atoms with Gasteiger partial charge in [-0.2, -0.15) is 0 Å². The van der Waals surface area contributed by atoms with Crippen LogP contribution in [0.5, 0.6) is 0 Å². The average molecular weight is 361 g/mol. The summed E-state index contributed by atoms with van der Waals surface area (Å²) in [5.41, 5.74) is 5.81. The Hall–Kier alpha value is -1.34. The van der Waals surface area contributed by atoms with E-state index in [0.29, 0.717) is 31.8 Å². The van der Waals surface area contributed by atoms with Crippen LogP contribution in [0.15, 0.2) is 0 Å². The van der Waals surface area contributed by atoms with Gasteiger partial charge in [-0.25, -0.2) is 4.79 Å². The number of carbonyl (C=O) groups is 3. The minimum Gasteiger partial charge on any atom is -0.352 e. The smallest absolute Gasteiger partial charge is 0.326 e. The topological polar surface area (TPSA) is 95.7 Å². The summed E-state index contributed by atoms with van der Waals surface area (Å²) >= 11 is 0. The van der Waals surface area contributed by atoms with E-state index in [4.69, 9.17) is 5.73 Å². The quantitative estimate of drug-likeness (QED) is 0.665. The number of amides is 4. The molecule has 1 heterocycles. The predicted molar refractivity (Wildman–Crippen MR) is 93.8 cm³/mol. The zero-order valence-corrected chi connectivity index (χ0v) is 15.1. The van der Waals surface area contributed by atoms with Gasteiger partial charge in [-0.1, -0.05) is 19.3 Å². The highest BCUT2D eigenvalue weighted by molar-refractivity contribution is 6.01. The molecule has 1 atom stereocenters. The van der Waals surface area contributed by atoms with Crippen molar-refractivity contribution in [2.45, 2.75) is 51.0 Å². The molecule has 2 fully saturated rings. The highest BCUT2D eigenvalue weighted by atomic mass is 35.5. The van der Waals surface area contributed by atoms with Crippen molar-refractivity contribution in [2.24, 2.45) is 11.7 Å². The number of nitrogens with zero attached hydrogens (tertiary/aromatic N) is 2. The van der Waals surface area contributed by atoms with Gasteiger partial charge in [0, 0.05) is 32.6 Å². The van der Waals surface area contributed by atoms with Crippen LogP contribution in [-0.2, 0) is 9.59 Å². The van der Waals surface area contributed by atoms with E-state index in [1.807, 2.05) is 0 Å². The molecular weight excluding hydrogens is 332 g/mol. The van der Waals surface area contributed by atoms with Gasteiger partial charge in [0.05, 0.1) is 0 Å². The van der Waals surface area contributed by atoms with Crippen molar-refractivity contribution in [3.8, 4) is 0 Å². The summed E-state index contributed by atoms with van der Waals surface area (Å²) in [5.74, 6) is 0.242. The molecule has 138 valence electrons. The Morgan fingerprint density at radius 2 is 1.96 bits per heavy atom. The van der Waals surface area contributed by atoms with Crippen LogP contribution in [0.4, 0.5) is 4.79 Å². The fourth-order valence-electron chi connectivity index (χ4n) is 3.47. The minimum atomic E-state index is -0.280. The van der Waals surface area contributed by atoms with Gasteiger partial charge in [0.2, 0.25) is 11.8 Å². The number of urea groups is 1. The molecule has 1 saturated carbocycles. The molecule has 0 bridgehead atoms. The molecule has 24 heavy (non-hydrogen) atoms. The second kappa shape index (κ2) is 9.84. The zero-order valence-electron chi connectivity index (χ0n) is 14.3. The van der Waals surface area contributed by atoms with Crippen molar-refractivity contribution in [3.05, 3.63) is 0 Å². The van der Waals surface area contributed by atoms with Crippen LogP contribution in [0.3, 0.4) is 0 Å². The lowest BCUT2D eigenvalue weighted by molar-refractivity contribution is -0.126. The molecule has 0 aromatic heterocycles. The van der Waals surface area contributed by atoms with Crippen molar-refractivity contribution >= 4 is 30.3 Å². The minimum absolute atomic E-state index is 0. The molecule has 0 aromatic rings. The fourth-order valence-corrected chi connectivity index (χ4v) is 3.47. The van der Waals surface area contributed by atoms with E-state index >= 15 is 0 Å². The van der Waals surface area contributed by atoms with Crippen molar-refractivity contribution < 1.29 is 14.4 Å². The average Bonchev–Trinajstić information content (AvgIpc) is 2.79. The second-order valence-corrected chi connectivity index (χ2v) is 6.60. The van der Waals surface area contributed by atoms with Crippen LogP contribution in [0.1, 0.15) is 44.9 Å². The van der Waals surface area contributed by atoms with Crippen LogP contribution >= 0.6 is 12.4 Å². The van der Waals surface area contributed by atoms with E-state index in [0.717, 1.165) is 12.8 Å². The first-order valence-electron chi connectivity index (χ1n) is 8.57. The number of likely N-dealkylation sites (N-methyl/N-ethyl adjacent to an activating group) is 1. The lowest BCUT2D eigenvalue weighted by atomic mass is 9.84. The van der Waals surface area contributed by atoms with Crippen LogP contribution < -0.4 is 11.1 Å². The van der Waals surface area contributed by atoms with Crippen LogP contribution in [-0.4, -0.2) is 60.4 Å². The summed E-state index contributed by atoms with van der Waals surface area (Å²) in [6.45, 7) is 0.887. The first-order valence-corrected chi connectivity index (χ1v) is 8.57. The maximum absolute atomic E-state index is 12.1. The standard InChI is InChI=1S/C16H28N4O3.ClH/c1-19-11-15(22)20(16(19)23)9-5-8-14(21)18-13(10-17)12-6-3-2-4-7-12;/h12-13H,2-11,17H2,1H3,(H,18,21);1H. The Balaban J connectivity index is 0.00000288. The van der Waals surface area contributed by atoms with E-state index in [9.17, 15) is 14.4 Å². The molecule has 1 aliphatic heterocycles. The van der Waals surface area contributed by atoms with E-state index in [1.165, 1.54) is 29.1 Å². The molecular formula is C16H29ClN4O3. The lowest BCUT2D eigenvalue weighted by Crippen LogP contribution is -2.46. The van der Waals surface area contributed by atoms with Gasteiger partial charge in [0.1, 0.15) is 6.54 Å². The zero-order chi connectivity index (χ0) is 16.8. The molecule has 0 aromatic carbocycles. The molecule has 1 aliphatic carbocycles. The summed E-state index contributed by atoms with van der Waals surface area (Å²) in [6, 6.07) is -0.235. The molecule has 3 N–H and O–H groups in total. The first kappa shape index (κ1) is 20.7. The molecule has 1 unspecified atom stereocenters. The van der Waals surface area contributed by atoms with Crippen LogP contribution in [0.25, 0.3) is 0 Å². The SMILES string of the molecule is CN1CC(=O)N(CCCC(=O)NC(CN)C2CCCCC2)C1=O.Cl. The number of hydrogen-bond donors (Lipinski definition) is 2. The lowest BCUT2D eigenvalue weighted by Gasteiger charge is -2.30. The van der Waals surface area contributed by atoms with Crippen molar-refractivity contribution in [1.29, 1.82) is 0 Å². The number of halogens is 1. The van der Waals surface area contributed by atoms with Gasteiger partial charge in [0.25, 0.3) is 0 Å². The summed E-state index contributed by atoms with van der Waals surface area (Å²) in [4.78, 5) is 38.1. The molecule has 0 spiro atoms. The fraction of sp³-hybridized carbons (Fsp3) is 0.812. The monoisotopic (exact) mass is 360 g/mol. The van der Waals surface area contributed by atoms with E-state index in [1.54, 1.807) is 7.05 Å². The van der Waals surface area contributed by atoms with Crippen LogP contribution in [0.2, 0.25) is 0 Å². The molecule has 0 radical (unpaired) electrons. The Labute approximate surface area is 149 Å². The summed E-state index contributed by atoms with van der Waals surface area (Å²) < 4.78 is 0. The first-order chi connectivity index (χ1) is 11.0. The number of imide groups is 1. The summed E-state index contributed by atoms with van der Waals surface area (Å²) in [6.07, 6.45) is 6.75. The Kier molecular flexibility index (Phi) is 8.48. The summed E-state index contributed by atoms with van der Waals surface area (Å²) in [7, 11) is 1.60. The number of nitrogens with two attached hydrogens (primary N) is 1. The largest absolute Gasteiger partial charge is 0.352 e. The van der Waals surface area contributed by atoms with Gasteiger partial charge < -0.3 is 16.0 Å². The maximum atomic E-state index is 12.1. The van der Waals surface area contributed by atoms with Crippen molar-refractivity contribution in [1.82, 2.24) is 15.1 Å². The molecule has 1 saturated heterocycles. The third-order valence-corrected chi connectivity index (χ3v) is 4.84. The number of nitrogens with one attached hydrogen (secondary N) is 1. The molecule has 7 nitrogen and oxygen atoms in total. The molecule has 4 amide bonds. The van der Waals surface area contributed by atoms with Crippen molar-refractivity contribution in [2.75, 3.05) is 26.7 Å². The van der Waals surface area contributed by atoms with Gasteiger partial charge in [-0.05, 0) is 25.2 Å². The number of carbonyl (C=O) groups excluding carboxylic acids is 3. The maximum Gasteiger partial charge on any atom is 0.326 e. The Morgan fingerprint density at radius 1 is 1.29 bits per heavy atom. The Morgan fingerprint density at radius 3 is 2.50 bits per heavy atom. The normalized spacial score (nSPS) is 20.1. The van der Waals surface area contributed by atoms with E-state index in [-0.39, 0.29) is 42.8 Å². The van der Waals surface area contributed by atoms with E-state index in [2.05, 4.69) is 5.32 Å². The second-order valence-electron chi connectivity index (χ2n) is 6.60. The van der Waals surface area contributed by atoms with Crippen molar-refractivity contribution in [3.63, 3.8) is 0 Å². The van der Waals surface area contributed by atoms with Gasteiger partial charge in [0.15, 0.2) is 0 Å². The highest BCUT2D eigenvalue weighted by Gasteiger charge is 2.33. The van der Waals surface area contributed by atoms with Gasteiger partial charge in [-0.15, -0.1) is 12.4 Å². The Bertz CT molecular complexity index is 455. The predicted octanol–water partition coefficient (Wildman–Crippen LogP) is 1.11. The highest BCUT2D eigenvalue weighted by Crippen LogP contribution is 2.26. The molecule has 2 rings (SSSR count).